The number of anilines is 2. The number of sulfonamides is 1. The number of benzene rings is 2. The molecule has 0 saturated carbocycles. The normalized spacial score (nSPS) is 14.2. The molecule has 1 aromatic heterocycles. The first kappa shape index (κ1) is 18.2. The molecule has 2 heterocycles. The van der Waals surface area contributed by atoms with Gasteiger partial charge in [-0.15, -0.1) is 0 Å². The van der Waals surface area contributed by atoms with Crippen LogP contribution in [0, 0.1) is 0 Å². The van der Waals surface area contributed by atoms with Gasteiger partial charge in [0.25, 0.3) is 5.91 Å². The number of carbonyl (C=O) groups excluding carboxylic acids is 1. The first-order valence-electron chi connectivity index (χ1n) is 8.29. The highest BCUT2D eigenvalue weighted by Gasteiger charge is 2.24. The zero-order valence-corrected chi connectivity index (χ0v) is 16.8. The lowest BCUT2D eigenvalue weighted by molar-refractivity contribution is 0.102. The topological polar surface area (TPSA) is 79.4 Å². The van der Waals surface area contributed by atoms with Crippen LogP contribution in [0.1, 0.15) is 22.3 Å². The summed E-state index contributed by atoms with van der Waals surface area (Å²) in [6, 6.07) is 10.5. The van der Waals surface area contributed by atoms with Crippen LogP contribution in [0.15, 0.2) is 36.4 Å². The fourth-order valence-corrected chi connectivity index (χ4v) is 5.30. The van der Waals surface area contributed by atoms with Gasteiger partial charge in [0.1, 0.15) is 0 Å². The summed E-state index contributed by atoms with van der Waals surface area (Å²) in [5, 5.41) is 3.92. The van der Waals surface area contributed by atoms with Gasteiger partial charge in [-0.05, 0) is 54.8 Å². The zero-order valence-electron chi connectivity index (χ0n) is 14.4. The predicted molar refractivity (Wildman–Crippen MR) is 110 cm³/mol. The van der Waals surface area contributed by atoms with Crippen molar-refractivity contribution >= 4 is 59.9 Å². The van der Waals surface area contributed by atoms with Crippen molar-refractivity contribution in [3.8, 4) is 0 Å². The van der Waals surface area contributed by atoms with E-state index in [9.17, 15) is 13.2 Å². The maximum absolute atomic E-state index is 12.6. The van der Waals surface area contributed by atoms with Crippen LogP contribution >= 0.6 is 22.9 Å². The van der Waals surface area contributed by atoms with E-state index in [-0.39, 0.29) is 5.91 Å². The Kier molecular flexibility index (Phi) is 4.57. The van der Waals surface area contributed by atoms with E-state index in [0.29, 0.717) is 27.9 Å². The monoisotopic (exact) mass is 421 g/mol. The third-order valence-electron chi connectivity index (χ3n) is 4.39. The van der Waals surface area contributed by atoms with Crippen molar-refractivity contribution in [2.24, 2.45) is 0 Å². The number of carbonyl (C=O) groups is 1. The zero-order chi connectivity index (χ0) is 19.2. The maximum Gasteiger partial charge on any atom is 0.257 e. The number of aryl methyl sites for hydroxylation is 1. The second-order valence-electron chi connectivity index (χ2n) is 6.37. The Hall–Kier alpha value is -2.16. The molecule has 1 N–H and O–H groups in total. The number of thiazole rings is 1. The van der Waals surface area contributed by atoms with E-state index in [4.69, 9.17) is 11.6 Å². The van der Waals surface area contributed by atoms with Crippen LogP contribution in [0.5, 0.6) is 0 Å². The van der Waals surface area contributed by atoms with Crippen LogP contribution < -0.4 is 9.62 Å². The number of hydrogen-bond donors (Lipinski definition) is 1. The highest BCUT2D eigenvalue weighted by atomic mass is 35.5. The molecule has 140 valence electrons. The SMILES string of the molecule is CS(=O)(=O)N1CCCc2cc(C(=O)Nc3nc4ccc(Cl)cc4s3)ccc21. The van der Waals surface area contributed by atoms with Crippen LogP contribution in [0.25, 0.3) is 10.2 Å². The smallest absolute Gasteiger partial charge is 0.257 e. The molecular formula is C18H16ClN3O3S2. The maximum atomic E-state index is 12.6. The van der Waals surface area contributed by atoms with Crippen molar-refractivity contribution in [1.29, 1.82) is 0 Å². The molecule has 4 rings (SSSR count). The molecule has 0 atom stereocenters. The van der Waals surface area contributed by atoms with Crippen molar-refractivity contribution in [2.45, 2.75) is 12.8 Å². The largest absolute Gasteiger partial charge is 0.298 e. The van der Waals surface area contributed by atoms with Gasteiger partial charge in [0.2, 0.25) is 10.0 Å². The molecule has 3 aromatic rings. The van der Waals surface area contributed by atoms with Crippen LogP contribution in [0.4, 0.5) is 10.8 Å². The van der Waals surface area contributed by atoms with Gasteiger partial charge < -0.3 is 0 Å². The number of nitrogens with one attached hydrogen (secondary N) is 1. The lowest BCUT2D eigenvalue weighted by Crippen LogP contribution is -2.34. The molecule has 0 unspecified atom stereocenters. The molecule has 0 aliphatic carbocycles. The van der Waals surface area contributed by atoms with Gasteiger partial charge in [-0.2, -0.15) is 0 Å². The first-order valence-corrected chi connectivity index (χ1v) is 11.3. The second kappa shape index (κ2) is 6.78. The minimum absolute atomic E-state index is 0.278. The van der Waals surface area contributed by atoms with Gasteiger partial charge >= 0.3 is 0 Å². The first-order chi connectivity index (χ1) is 12.8. The molecule has 0 saturated heterocycles. The van der Waals surface area contributed by atoms with E-state index >= 15 is 0 Å². The third kappa shape index (κ3) is 3.65. The van der Waals surface area contributed by atoms with Crippen LogP contribution in [0.3, 0.4) is 0 Å². The number of amides is 1. The van der Waals surface area contributed by atoms with E-state index in [2.05, 4.69) is 10.3 Å². The van der Waals surface area contributed by atoms with E-state index < -0.39 is 10.0 Å². The molecule has 1 aliphatic rings. The number of aromatic nitrogens is 1. The van der Waals surface area contributed by atoms with E-state index in [1.165, 1.54) is 21.9 Å². The number of nitrogens with zero attached hydrogens (tertiary/aromatic N) is 2. The Morgan fingerprint density at radius 2 is 2.07 bits per heavy atom. The molecule has 9 heteroatoms. The Balaban J connectivity index is 1.60. The minimum atomic E-state index is -3.33. The number of halogens is 1. The summed E-state index contributed by atoms with van der Waals surface area (Å²) in [6.07, 6.45) is 2.66. The van der Waals surface area contributed by atoms with Crippen molar-refractivity contribution in [3.05, 3.63) is 52.5 Å². The molecule has 0 radical (unpaired) electrons. The minimum Gasteiger partial charge on any atom is -0.298 e. The lowest BCUT2D eigenvalue weighted by atomic mass is 10.0. The molecule has 27 heavy (non-hydrogen) atoms. The third-order valence-corrected chi connectivity index (χ3v) is 6.74. The molecule has 0 bridgehead atoms. The van der Waals surface area contributed by atoms with Crippen molar-refractivity contribution in [1.82, 2.24) is 4.98 Å². The molecule has 2 aromatic carbocycles. The highest BCUT2D eigenvalue weighted by Crippen LogP contribution is 2.31. The summed E-state index contributed by atoms with van der Waals surface area (Å²) in [4.78, 5) is 17.0. The average molecular weight is 422 g/mol. The number of hydrogen-bond acceptors (Lipinski definition) is 5. The summed E-state index contributed by atoms with van der Waals surface area (Å²) >= 11 is 7.34. The van der Waals surface area contributed by atoms with Crippen LogP contribution in [0.2, 0.25) is 5.02 Å². The quantitative estimate of drug-likeness (QED) is 0.695. The number of fused-ring (bicyclic) bond motifs is 2. The fraction of sp³-hybridized carbons (Fsp3) is 0.222. The fourth-order valence-electron chi connectivity index (χ4n) is 3.17. The van der Waals surface area contributed by atoms with E-state index in [0.717, 1.165) is 28.6 Å². The Labute approximate surface area is 165 Å². The van der Waals surface area contributed by atoms with Crippen molar-refractivity contribution in [2.75, 3.05) is 22.4 Å². The van der Waals surface area contributed by atoms with Crippen molar-refractivity contribution in [3.63, 3.8) is 0 Å². The van der Waals surface area contributed by atoms with E-state index in [1.54, 1.807) is 24.3 Å². The van der Waals surface area contributed by atoms with E-state index in [1.807, 2.05) is 12.1 Å². The molecule has 1 amide bonds. The summed E-state index contributed by atoms with van der Waals surface area (Å²) in [5.74, 6) is -0.278. The second-order valence-corrected chi connectivity index (χ2v) is 9.74. The van der Waals surface area contributed by atoms with Gasteiger partial charge in [0, 0.05) is 17.1 Å². The van der Waals surface area contributed by atoms with Gasteiger partial charge in [-0.3, -0.25) is 14.4 Å². The molecule has 6 nitrogen and oxygen atoms in total. The van der Waals surface area contributed by atoms with Gasteiger partial charge in [-0.1, -0.05) is 22.9 Å². The summed E-state index contributed by atoms with van der Waals surface area (Å²) in [6.45, 7) is 0.464. The predicted octanol–water partition coefficient (Wildman–Crippen LogP) is 3.91. The Bertz CT molecular complexity index is 1160. The Morgan fingerprint density at radius 3 is 2.85 bits per heavy atom. The molecular weight excluding hydrogens is 406 g/mol. The van der Waals surface area contributed by atoms with Gasteiger partial charge in [-0.25, -0.2) is 13.4 Å². The molecule has 1 aliphatic heterocycles. The average Bonchev–Trinajstić information content (AvgIpc) is 3.01. The lowest BCUT2D eigenvalue weighted by Gasteiger charge is -2.29. The van der Waals surface area contributed by atoms with Gasteiger partial charge in [0.05, 0.1) is 22.2 Å². The van der Waals surface area contributed by atoms with Crippen molar-refractivity contribution < 1.29 is 13.2 Å². The van der Waals surface area contributed by atoms with Crippen LogP contribution in [-0.4, -0.2) is 32.1 Å². The molecule has 0 spiro atoms. The number of rotatable bonds is 3. The van der Waals surface area contributed by atoms with Gasteiger partial charge in [0.15, 0.2) is 5.13 Å². The molecule has 0 fully saturated rings. The summed E-state index contributed by atoms with van der Waals surface area (Å²) in [7, 11) is -3.33. The standard InChI is InChI=1S/C18H16ClN3O3S2/c1-27(24,25)22-8-2-3-11-9-12(4-7-15(11)22)17(23)21-18-20-14-6-5-13(19)10-16(14)26-18/h4-7,9-10H,2-3,8H2,1H3,(H,20,21,23). The summed E-state index contributed by atoms with van der Waals surface area (Å²) < 4.78 is 26.2. The summed E-state index contributed by atoms with van der Waals surface area (Å²) in [5.41, 5.74) is 2.75. The Morgan fingerprint density at radius 1 is 1.26 bits per heavy atom. The van der Waals surface area contributed by atoms with Crippen LogP contribution in [-0.2, 0) is 16.4 Å². The highest BCUT2D eigenvalue weighted by molar-refractivity contribution is 7.92.